The van der Waals surface area contributed by atoms with Crippen molar-refractivity contribution in [3.8, 4) is 5.75 Å². The van der Waals surface area contributed by atoms with Gasteiger partial charge in [0.1, 0.15) is 0 Å². The Morgan fingerprint density at radius 2 is 1.60 bits per heavy atom. The average molecular weight is 594 g/mol. The number of methoxy groups -OCH3 is 1. The molecule has 0 saturated carbocycles. The van der Waals surface area contributed by atoms with Crippen LogP contribution in [0.15, 0.2) is 30.3 Å². The highest BCUT2D eigenvalue weighted by molar-refractivity contribution is 6.30. The van der Waals surface area contributed by atoms with Crippen molar-refractivity contribution in [3.05, 3.63) is 64.2 Å². The molecule has 0 aliphatic carbocycles. The second kappa shape index (κ2) is 11.9. The van der Waals surface area contributed by atoms with Crippen molar-refractivity contribution >= 4 is 46.5 Å². The molecule has 1 unspecified atom stereocenters. The first kappa shape index (κ1) is 28.6. The van der Waals surface area contributed by atoms with E-state index in [1.54, 1.807) is 30.1 Å². The molecule has 3 aliphatic rings. The van der Waals surface area contributed by atoms with Gasteiger partial charge in [0.25, 0.3) is 5.91 Å². The number of nitrogens with one attached hydrogen (secondary N) is 2. The van der Waals surface area contributed by atoms with E-state index in [9.17, 15) is 14.0 Å². The number of rotatable bonds is 6. The van der Waals surface area contributed by atoms with Gasteiger partial charge in [-0.15, -0.1) is 0 Å². The first-order valence-electron chi connectivity index (χ1n) is 13.2. The lowest BCUT2D eigenvalue weighted by Crippen LogP contribution is -2.46. The second-order valence-corrected chi connectivity index (χ2v) is 10.8. The summed E-state index contributed by atoms with van der Waals surface area (Å²) < 4.78 is 36.3. The molecule has 12 heteroatoms. The molecule has 2 aromatic carbocycles. The second-order valence-electron chi connectivity index (χ2n) is 10.1. The van der Waals surface area contributed by atoms with Gasteiger partial charge in [0, 0.05) is 73.2 Å². The third-order valence-electron chi connectivity index (χ3n) is 7.72. The van der Waals surface area contributed by atoms with Crippen LogP contribution in [-0.4, -0.2) is 85.0 Å². The molecule has 1 amide bonds. The molecule has 1 atom stereocenters. The molecule has 3 aliphatic heterocycles. The lowest BCUT2D eigenvalue weighted by atomic mass is 9.87. The summed E-state index contributed by atoms with van der Waals surface area (Å²) >= 11 is 13.3. The number of carbonyl (C=O) groups excluding carboxylic acids is 2. The maximum absolute atomic E-state index is 15.4. The number of halogens is 4. The fraction of sp³-hybridized carbons (Fsp3) is 0.429. The average Bonchev–Trinajstić information content (AvgIpc) is 3.21. The maximum atomic E-state index is 15.4. The normalized spacial score (nSPS) is 20.4. The molecule has 3 heterocycles. The third-order valence-corrected chi connectivity index (χ3v) is 8.66. The molecule has 2 N–H and O–H groups in total. The zero-order valence-corrected chi connectivity index (χ0v) is 23.8. The first-order chi connectivity index (χ1) is 19.2. The minimum Gasteiger partial charge on any atom is -0.494 e. The largest absolute Gasteiger partial charge is 0.494 e. The van der Waals surface area contributed by atoms with Crippen LogP contribution in [0.5, 0.6) is 5.75 Å². The Labute approximate surface area is 241 Å². The van der Waals surface area contributed by atoms with Gasteiger partial charge in [0.15, 0.2) is 23.0 Å². The molecule has 2 aromatic rings. The number of amides is 1. The van der Waals surface area contributed by atoms with Gasteiger partial charge in [-0.2, -0.15) is 4.39 Å². The molecule has 0 radical (unpaired) electrons. The minimum atomic E-state index is -1.15. The maximum Gasteiger partial charge on any atom is 0.254 e. The van der Waals surface area contributed by atoms with Gasteiger partial charge in [0.2, 0.25) is 5.82 Å². The van der Waals surface area contributed by atoms with Gasteiger partial charge >= 0.3 is 0 Å². The Balaban J connectivity index is 1.68. The van der Waals surface area contributed by atoms with Gasteiger partial charge in [-0.3, -0.25) is 9.59 Å². The van der Waals surface area contributed by atoms with E-state index in [0.29, 0.717) is 50.1 Å². The predicted molar refractivity (Wildman–Crippen MR) is 150 cm³/mol. The van der Waals surface area contributed by atoms with Crippen LogP contribution in [-0.2, 0) is 0 Å². The molecule has 0 aromatic heterocycles. The van der Waals surface area contributed by atoms with Crippen LogP contribution in [0, 0.1) is 17.6 Å². The van der Waals surface area contributed by atoms with Crippen molar-refractivity contribution in [2.45, 2.75) is 18.5 Å². The van der Waals surface area contributed by atoms with Crippen LogP contribution >= 0.6 is 23.4 Å². The summed E-state index contributed by atoms with van der Waals surface area (Å²) in [4.78, 5) is 30.6. The number of ether oxygens (including phenoxy) is 1. The fourth-order valence-electron chi connectivity index (χ4n) is 5.50. The molecule has 2 fully saturated rings. The zero-order chi connectivity index (χ0) is 28.6. The van der Waals surface area contributed by atoms with E-state index < -0.39 is 17.3 Å². The smallest absolute Gasteiger partial charge is 0.254 e. The number of benzene rings is 2. The summed E-state index contributed by atoms with van der Waals surface area (Å²) in [5.74, 6) is -2.99. The SMILES string of the molecule is COc1ccc(C2=C(c3ccc(C(=O)C4CCNCC4)cc3C(=O)N3CCNCC3)N(Cl)C(Cl)N2C)c(F)c1F. The summed E-state index contributed by atoms with van der Waals surface area (Å²) in [6.45, 7) is 3.74. The quantitative estimate of drug-likeness (QED) is 0.227. The van der Waals surface area contributed by atoms with Gasteiger partial charge in [0.05, 0.1) is 18.5 Å². The van der Waals surface area contributed by atoms with E-state index in [2.05, 4.69) is 10.6 Å². The summed E-state index contributed by atoms with van der Waals surface area (Å²) in [6, 6.07) is 7.62. The van der Waals surface area contributed by atoms with Crippen LogP contribution in [0.3, 0.4) is 0 Å². The number of hydrogen-bond acceptors (Lipinski definition) is 7. The number of carbonyl (C=O) groups is 2. The van der Waals surface area contributed by atoms with Gasteiger partial charge in [-0.1, -0.05) is 23.7 Å². The topological polar surface area (TPSA) is 77.1 Å². The number of nitrogens with zero attached hydrogens (tertiary/aromatic N) is 3. The van der Waals surface area contributed by atoms with E-state index in [1.807, 2.05) is 0 Å². The Morgan fingerprint density at radius 3 is 2.27 bits per heavy atom. The van der Waals surface area contributed by atoms with Crippen molar-refractivity contribution < 1.29 is 23.1 Å². The lowest BCUT2D eigenvalue weighted by molar-refractivity contribution is 0.0735. The van der Waals surface area contributed by atoms with Crippen LogP contribution in [0.2, 0.25) is 0 Å². The Hall–Kier alpha value is -2.92. The zero-order valence-electron chi connectivity index (χ0n) is 22.3. The van der Waals surface area contributed by atoms with E-state index in [4.69, 9.17) is 28.1 Å². The summed E-state index contributed by atoms with van der Waals surface area (Å²) in [5, 5.41) is 6.49. The number of piperidine rings is 1. The molecule has 8 nitrogen and oxygen atoms in total. The van der Waals surface area contributed by atoms with E-state index in [-0.39, 0.29) is 45.9 Å². The minimum absolute atomic E-state index is 0.0265. The van der Waals surface area contributed by atoms with Gasteiger partial charge in [-0.05, 0) is 44.1 Å². The van der Waals surface area contributed by atoms with Crippen molar-refractivity contribution in [2.24, 2.45) is 5.92 Å². The highest BCUT2D eigenvalue weighted by atomic mass is 35.5. The molecular formula is C28H31Cl2F2N5O3. The van der Waals surface area contributed by atoms with E-state index in [0.717, 1.165) is 13.1 Å². The number of hydrogen-bond donors (Lipinski definition) is 2. The number of alkyl halides is 1. The standard InChI is InChI=1S/C28H31Cl2F2N5O3/c1-35-24(19-5-6-21(40-2)23(32)22(19)31)25(37(30)28(35)29)18-4-3-17(26(38)16-7-9-33-10-8-16)15-20(18)27(39)36-13-11-34-12-14-36/h3-6,15-16,28,33-34H,7-14H2,1-2H3. The Kier molecular flexibility index (Phi) is 8.51. The molecule has 2 saturated heterocycles. The first-order valence-corrected chi connectivity index (χ1v) is 14.0. The monoisotopic (exact) mass is 593 g/mol. The molecule has 40 heavy (non-hydrogen) atoms. The number of Topliss-reactive ketones (excluding diaryl/α,β-unsaturated/α-hetero) is 1. The highest BCUT2D eigenvalue weighted by Gasteiger charge is 2.39. The van der Waals surface area contributed by atoms with Crippen LogP contribution < -0.4 is 15.4 Å². The van der Waals surface area contributed by atoms with Gasteiger partial charge in [-0.25, -0.2) is 8.81 Å². The fourth-order valence-corrected chi connectivity index (χ4v) is 6.00. The van der Waals surface area contributed by atoms with Crippen molar-refractivity contribution in [1.29, 1.82) is 0 Å². The Morgan fingerprint density at radius 1 is 0.950 bits per heavy atom. The van der Waals surface area contributed by atoms with Crippen LogP contribution in [0.25, 0.3) is 11.4 Å². The summed E-state index contributed by atoms with van der Waals surface area (Å²) in [6.07, 6.45) is 1.43. The van der Waals surface area contributed by atoms with Gasteiger partial charge < -0.3 is 25.2 Å². The van der Waals surface area contributed by atoms with Crippen LogP contribution in [0.1, 0.15) is 44.7 Å². The predicted octanol–water partition coefficient (Wildman–Crippen LogP) is 3.95. The van der Waals surface area contributed by atoms with E-state index >= 15 is 4.39 Å². The third kappa shape index (κ3) is 5.13. The molecule has 0 spiro atoms. The van der Waals surface area contributed by atoms with E-state index in [1.165, 1.54) is 28.6 Å². The summed E-state index contributed by atoms with van der Waals surface area (Å²) in [7, 11) is 2.85. The molecule has 5 rings (SSSR count). The Bertz CT molecular complexity index is 1350. The van der Waals surface area contributed by atoms with Crippen molar-refractivity contribution in [1.82, 2.24) is 24.9 Å². The molecule has 0 bridgehead atoms. The van der Waals surface area contributed by atoms with Crippen molar-refractivity contribution in [2.75, 3.05) is 53.4 Å². The summed E-state index contributed by atoms with van der Waals surface area (Å²) in [5.41, 5.74) is 0.393. The van der Waals surface area contributed by atoms with Crippen molar-refractivity contribution in [3.63, 3.8) is 0 Å². The highest BCUT2D eigenvalue weighted by Crippen LogP contribution is 2.45. The molecular weight excluding hydrogens is 563 g/mol. The molecule has 214 valence electrons. The number of piperazine rings is 1. The van der Waals surface area contributed by atoms with Crippen LogP contribution in [0.4, 0.5) is 8.78 Å². The lowest BCUT2D eigenvalue weighted by Gasteiger charge is -2.29. The number of ketones is 1.